The van der Waals surface area contributed by atoms with Gasteiger partial charge >= 0.3 is 0 Å². The van der Waals surface area contributed by atoms with Crippen LogP contribution in [0.3, 0.4) is 0 Å². The van der Waals surface area contributed by atoms with Crippen molar-refractivity contribution in [2.45, 2.75) is 64.8 Å². The quantitative estimate of drug-likeness (QED) is 0.708. The Morgan fingerprint density at radius 2 is 2.05 bits per heavy atom. The monoisotopic (exact) mass is 289 g/mol. The highest BCUT2D eigenvalue weighted by atomic mass is 16.5. The first kappa shape index (κ1) is 16.4. The first-order valence-corrected chi connectivity index (χ1v) is 8.75. The van der Waals surface area contributed by atoms with Gasteiger partial charge < -0.3 is 10.1 Å². The third-order valence-electron chi connectivity index (χ3n) is 4.82. The largest absolute Gasteiger partial charge is 0.493 e. The van der Waals surface area contributed by atoms with Gasteiger partial charge in [0.05, 0.1) is 6.61 Å². The highest BCUT2D eigenvalue weighted by molar-refractivity contribution is 5.40. The van der Waals surface area contributed by atoms with E-state index in [1.165, 1.54) is 37.7 Å². The Hall–Kier alpha value is -1.02. The van der Waals surface area contributed by atoms with Crippen LogP contribution < -0.4 is 10.1 Å². The molecule has 2 rings (SSSR count). The second kappa shape index (κ2) is 8.43. The smallest absolute Gasteiger partial charge is 0.122 e. The van der Waals surface area contributed by atoms with Crippen LogP contribution in [0, 0.1) is 5.92 Å². The van der Waals surface area contributed by atoms with Gasteiger partial charge in [-0.3, -0.25) is 0 Å². The minimum absolute atomic E-state index is 0.511. The Balaban J connectivity index is 2.05. The van der Waals surface area contributed by atoms with E-state index < -0.39 is 0 Å². The van der Waals surface area contributed by atoms with Crippen molar-refractivity contribution in [2.24, 2.45) is 5.92 Å². The summed E-state index contributed by atoms with van der Waals surface area (Å²) in [5, 5.41) is 3.73. The second-order valence-electron chi connectivity index (χ2n) is 6.27. The Bertz CT molecular complexity index is 418. The molecular formula is C19H31NO. The number of rotatable bonds is 9. The zero-order valence-electron chi connectivity index (χ0n) is 13.9. The summed E-state index contributed by atoms with van der Waals surface area (Å²) in [5.74, 6) is 2.44. The van der Waals surface area contributed by atoms with Gasteiger partial charge in [-0.05, 0) is 24.9 Å². The molecule has 1 aliphatic rings. The molecule has 0 fully saturated rings. The van der Waals surface area contributed by atoms with Crippen LogP contribution in [0.1, 0.15) is 64.4 Å². The normalized spacial score (nSPS) is 19.9. The molecular weight excluding hydrogens is 258 g/mol. The number of fused-ring (bicyclic) bond motifs is 1. The highest BCUT2D eigenvalue weighted by Gasteiger charge is 2.31. The fourth-order valence-corrected chi connectivity index (χ4v) is 3.51. The van der Waals surface area contributed by atoms with Crippen LogP contribution in [0.15, 0.2) is 24.3 Å². The SMILES string of the molecule is CCCCC(CC)CC(NCC)C1COc2ccccc21. The maximum Gasteiger partial charge on any atom is 0.122 e. The summed E-state index contributed by atoms with van der Waals surface area (Å²) in [5.41, 5.74) is 1.40. The molecule has 0 aliphatic carbocycles. The maximum atomic E-state index is 5.89. The second-order valence-corrected chi connectivity index (χ2v) is 6.27. The van der Waals surface area contributed by atoms with Gasteiger partial charge in [0.2, 0.25) is 0 Å². The molecule has 3 unspecified atom stereocenters. The predicted molar refractivity (Wildman–Crippen MR) is 90.1 cm³/mol. The van der Waals surface area contributed by atoms with Gasteiger partial charge in [0.25, 0.3) is 0 Å². The van der Waals surface area contributed by atoms with Crippen LogP contribution in [0.2, 0.25) is 0 Å². The standard InChI is InChI=1S/C19H31NO/c1-4-7-10-15(5-2)13-18(20-6-3)17-14-21-19-12-9-8-11-16(17)19/h8-9,11-12,15,17-18,20H,4-7,10,13-14H2,1-3H3. The molecule has 1 heterocycles. The Kier molecular flexibility index (Phi) is 6.56. The maximum absolute atomic E-state index is 5.89. The van der Waals surface area contributed by atoms with Crippen molar-refractivity contribution in [1.82, 2.24) is 5.32 Å². The van der Waals surface area contributed by atoms with Crippen LogP contribution in [0.25, 0.3) is 0 Å². The molecule has 0 amide bonds. The van der Waals surface area contributed by atoms with Crippen molar-refractivity contribution in [3.8, 4) is 5.75 Å². The number of unbranched alkanes of at least 4 members (excludes halogenated alkanes) is 1. The average Bonchev–Trinajstić information content (AvgIpc) is 2.94. The van der Waals surface area contributed by atoms with Crippen LogP contribution in [0.5, 0.6) is 5.75 Å². The molecule has 0 spiro atoms. The molecule has 1 aromatic carbocycles. The Morgan fingerprint density at radius 3 is 2.76 bits per heavy atom. The van der Waals surface area contributed by atoms with Crippen molar-refractivity contribution in [3.05, 3.63) is 29.8 Å². The summed E-state index contributed by atoms with van der Waals surface area (Å²) >= 11 is 0. The predicted octanol–water partition coefficient (Wildman–Crippen LogP) is 4.75. The molecule has 1 N–H and O–H groups in total. The summed E-state index contributed by atoms with van der Waals surface area (Å²) in [7, 11) is 0. The van der Waals surface area contributed by atoms with E-state index in [1.807, 2.05) is 0 Å². The van der Waals surface area contributed by atoms with Crippen molar-refractivity contribution in [2.75, 3.05) is 13.2 Å². The molecule has 0 saturated heterocycles. The van der Waals surface area contributed by atoms with Gasteiger partial charge in [0.15, 0.2) is 0 Å². The van der Waals surface area contributed by atoms with Crippen molar-refractivity contribution in [3.63, 3.8) is 0 Å². The van der Waals surface area contributed by atoms with E-state index in [0.29, 0.717) is 12.0 Å². The van der Waals surface area contributed by atoms with E-state index in [0.717, 1.165) is 24.8 Å². The van der Waals surface area contributed by atoms with E-state index in [-0.39, 0.29) is 0 Å². The summed E-state index contributed by atoms with van der Waals surface area (Å²) in [6, 6.07) is 9.09. The number of nitrogens with one attached hydrogen (secondary N) is 1. The summed E-state index contributed by atoms with van der Waals surface area (Å²) in [6.07, 6.45) is 6.58. The van der Waals surface area contributed by atoms with E-state index >= 15 is 0 Å². The van der Waals surface area contributed by atoms with E-state index in [1.54, 1.807) is 0 Å². The lowest BCUT2D eigenvalue weighted by molar-refractivity contribution is 0.267. The average molecular weight is 289 g/mol. The molecule has 0 aromatic heterocycles. The molecule has 2 heteroatoms. The number of hydrogen-bond acceptors (Lipinski definition) is 2. The number of hydrogen-bond donors (Lipinski definition) is 1. The van der Waals surface area contributed by atoms with Gasteiger partial charge in [-0.15, -0.1) is 0 Å². The minimum Gasteiger partial charge on any atom is -0.493 e. The Morgan fingerprint density at radius 1 is 1.24 bits per heavy atom. The topological polar surface area (TPSA) is 21.3 Å². The van der Waals surface area contributed by atoms with Gasteiger partial charge in [-0.1, -0.05) is 64.7 Å². The van der Waals surface area contributed by atoms with Crippen molar-refractivity contribution in [1.29, 1.82) is 0 Å². The minimum atomic E-state index is 0.511. The molecule has 0 saturated carbocycles. The van der Waals surface area contributed by atoms with Gasteiger partial charge in [-0.25, -0.2) is 0 Å². The number of para-hydroxylation sites is 1. The molecule has 0 radical (unpaired) electrons. The number of benzene rings is 1. The van der Waals surface area contributed by atoms with Gasteiger partial charge in [0.1, 0.15) is 5.75 Å². The first-order chi connectivity index (χ1) is 10.3. The lowest BCUT2D eigenvalue weighted by atomic mass is 9.84. The van der Waals surface area contributed by atoms with Crippen LogP contribution in [0.4, 0.5) is 0 Å². The lowest BCUT2D eigenvalue weighted by Crippen LogP contribution is -2.37. The van der Waals surface area contributed by atoms with E-state index in [9.17, 15) is 0 Å². The lowest BCUT2D eigenvalue weighted by Gasteiger charge is -2.28. The van der Waals surface area contributed by atoms with Gasteiger partial charge in [-0.2, -0.15) is 0 Å². The summed E-state index contributed by atoms with van der Waals surface area (Å²) in [6.45, 7) is 8.70. The van der Waals surface area contributed by atoms with E-state index in [2.05, 4.69) is 50.4 Å². The number of ether oxygens (including phenoxy) is 1. The van der Waals surface area contributed by atoms with Crippen molar-refractivity contribution < 1.29 is 4.74 Å². The van der Waals surface area contributed by atoms with Crippen LogP contribution in [-0.4, -0.2) is 19.2 Å². The van der Waals surface area contributed by atoms with Crippen LogP contribution >= 0.6 is 0 Å². The fourth-order valence-electron chi connectivity index (χ4n) is 3.51. The third-order valence-corrected chi connectivity index (χ3v) is 4.82. The molecule has 1 aromatic rings. The fraction of sp³-hybridized carbons (Fsp3) is 0.684. The zero-order valence-corrected chi connectivity index (χ0v) is 13.9. The van der Waals surface area contributed by atoms with Crippen molar-refractivity contribution >= 4 is 0 Å². The Labute approximate surface area is 130 Å². The molecule has 1 aliphatic heterocycles. The third kappa shape index (κ3) is 4.23. The van der Waals surface area contributed by atoms with Gasteiger partial charge in [0, 0.05) is 17.5 Å². The molecule has 118 valence electrons. The molecule has 3 atom stereocenters. The summed E-state index contributed by atoms with van der Waals surface area (Å²) < 4.78 is 5.89. The molecule has 2 nitrogen and oxygen atoms in total. The van der Waals surface area contributed by atoms with E-state index in [4.69, 9.17) is 4.74 Å². The first-order valence-electron chi connectivity index (χ1n) is 8.75. The number of likely N-dealkylation sites (N-methyl/N-ethyl adjacent to an activating group) is 1. The highest BCUT2D eigenvalue weighted by Crippen LogP contribution is 2.37. The summed E-state index contributed by atoms with van der Waals surface area (Å²) in [4.78, 5) is 0. The molecule has 0 bridgehead atoms. The van der Waals surface area contributed by atoms with Crippen LogP contribution in [-0.2, 0) is 0 Å². The molecule has 21 heavy (non-hydrogen) atoms. The zero-order chi connectivity index (χ0) is 15.1.